The molecule has 1 amide bonds. The third-order valence-electron chi connectivity index (χ3n) is 3.61. The average molecular weight is 388 g/mol. The second-order valence-electron chi connectivity index (χ2n) is 5.35. The van der Waals surface area contributed by atoms with Crippen molar-refractivity contribution >= 4 is 23.4 Å². The molecule has 140 valence electrons. The van der Waals surface area contributed by atoms with Gasteiger partial charge in [-0.05, 0) is 24.3 Å². The minimum absolute atomic E-state index is 0.0871. The summed E-state index contributed by atoms with van der Waals surface area (Å²) in [6, 6.07) is 11.4. The van der Waals surface area contributed by atoms with Gasteiger partial charge in [0.25, 0.3) is 0 Å². The number of anilines is 1. The highest BCUT2D eigenvalue weighted by Gasteiger charge is 2.13. The van der Waals surface area contributed by atoms with E-state index in [1.54, 1.807) is 43.5 Å². The number of rotatable bonds is 7. The third kappa shape index (κ3) is 4.56. The molecule has 27 heavy (non-hydrogen) atoms. The van der Waals surface area contributed by atoms with E-state index in [2.05, 4.69) is 20.5 Å². The Balaban J connectivity index is 1.61. The van der Waals surface area contributed by atoms with Crippen molar-refractivity contribution in [2.24, 2.45) is 0 Å². The monoisotopic (exact) mass is 388 g/mol. The molecule has 2 N–H and O–H groups in total. The van der Waals surface area contributed by atoms with Crippen LogP contribution < -0.4 is 14.8 Å². The molecule has 3 rings (SSSR count). The molecule has 1 aromatic heterocycles. The van der Waals surface area contributed by atoms with Crippen molar-refractivity contribution in [3.8, 4) is 22.9 Å². The molecule has 3 aromatic rings. The Morgan fingerprint density at radius 1 is 1.22 bits per heavy atom. The molecule has 7 nitrogen and oxygen atoms in total. The largest absolute Gasteiger partial charge is 0.497 e. The lowest BCUT2D eigenvalue weighted by Crippen LogP contribution is -2.14. The number of hydrogen-bond donors (Lipinski definition) is 2. The first-order valence-corrected chi connectivity index (χ1v) is 8.91. The predicted octanol–water partition coefficient (Wildman–Crippen LogP) is 3.36. The molecular weight excluding hydrogens is 371 g/mol. The summed E-state index contributed by atoms with van der Waals surface area (Å²) >= 11 is 1.14. The van der Waals surface area contributed by atoms with Gasteiger partial charge in [-0.3, -0.25) is 9.89 Å². The quantitative estimate of drug-likeness (QED) is 0.604. The number of amides is 1. The van der Waals surface area contributed by atoms with E-state index in [1.807, 2.05) is 0 Å². The fraction of sp³-hybridized carbons (Fsp3) is 0.167. The van der Waals surface area contributed by atoms with E-state index >= 15 is 0 Å². The average Bonchev–Trinajstić information content (AvgIpc) is 3.16. The molecule has 2 aromatic carbocycles. The minimum Gasteiger partial charge on any atom is -0.497 e. The lowest BCUT2D eigenvalue weighted by molar-refractivity contribution is -0.113. The Hall–Kier alpha value is -3.07. The van der Waals surface area contributed by atoms with Crippen LogP contribution in [0.25, 0.3) is 11.4 Å². The zero-order valence-electron chi connectivity index (χ0n) is 14.7. The third-order valence-corrected chi connectivity index (χ3v) is 4.46. The number of nitrogens with zero attached hydrogens (tertiary/aromatic N) is 2. The number of halogens is 1. The minimum atomic E-state index is -0.394. The number of thioether (sulfide) groups is 1. The molecule has 0 aliphatic carbocycles. The summed E-state index contributed by atoms with van der Waals surface area (Å²) in [6.45, 7) is 0. The van der Waals surface area contributed by atoms with Gasteiger partial charge in [-0.2, -0.15) is 0 Å². The SMILES string of the molecule is COc1ccc(NC(=O)CSc2n[nH]c(-c3ccccc3F)n2)c(OC)c1. The summed E-state index contributed by atoms with van der Waals surface area (Å²) in [7, 11) is 3.06. The van der Waals surface area contributed by atoms with E-state index in [0.717, 1.165) is 11.8 Å². The first-order valence-electron chi connectivity index (χ1n) is 7.92. The standard InChI is InChI=1S/C18H17FN4O3S/c1-25-11-7-8-14(15(9-11)26-2)20-16(24)10-27-18-21-17(22-23-18)12-5-3-4-6-13(12)19/h3-9H,10H2,1-2H3,(H,20,24)(H,21,22,23). The highest BCUT2D eigenvalue weighted by Crippen LogP contribution is 2.29. The van der Waals surface area contributed by atoms with Crippen molar-refractivity contribution < 1.29 is 18.7 Å². The van der Waals surface area contributed by atoms with Gasteiger partial charge in [-0.1, -0.05) is 23.9 Å². The Kier molecular flexibility index (Phi) is 5.92. The smallest absolute Gasteiger partial charge is 0.234 e. The van der Waals surface area contributed by atoms with Crippen LogP contribution in [0.15, 0.2) is 47.6 Å². The maximum absolute atomic E-state index is 13.8. The van der Waals surface area contributed by atoms with Gasteiger partial charge in [-0.15, -0.1) is 5.10 Å². The second kappa shape index (κ2) is 8.54. The van der Waals surface area contributed by atoms with Gasteiger partial charge in [0.1, 0.15) is 17.3 Å². The molecule has 9 heteroatoms. The lowest BCUT2D eigenvalue weighted by Gasteiger charge is -2.11. The number of ether oxygens (including phenoxy) is 2. The Morgan fingerprint density at radius 3 is 2.78 bits per heavy atom. The van der Waals surface area contributed by atoms with Crippen LogP contribution in [0.4, 0.5) is 10.1 Å². The lowest BCUT2D eigenvalue weighted by atomic mass is 10.2. The Morgan fingerprint density at radius 2 is 2.04 bits per heavy atom. The molecule has 0 spiro atoms. The van der Waals surface area contributed by atoms with E-state index in [4.69, 9.17) is 9.47 Å². The van der Waals surface area contributed by atoms with E-state index in [9.17, 15) is 9.18 Å². The van der Waals surface area contributed by atoms with Crippen LogP contribution in [0.5, 0.6) is 11.5 Å². The second-order valence-corrected chi connectivity index (χ2v) is 6.29. The van der Waals surface area contributed by atoms with E-state index in [1.165, 1.54) is 13.2 Å². The van der Waals surface area contributed by atoms with Crippen LogP contribution in [0, 0.1) is 5.82 Å². The van der Waals surface area contributed by atoms with Crippen molar-refractivity contribution in [2.75, 3.05) is 25.3 Å². The molecule has 0 unspecified atom stereocenters. The fourth-order valence-electron chi connectivity index (χ4n) is 2.30. The van der Waals surface area contributed by atoms with Crippen LogP contribution in [0.2, 0.25) is 0 Å². The molecule has 0 fully saturated rings. The Bertz CT molecular complexity index is 948. The number of carbonyl (C=O) groups excluding carboxylic acids is 1. The molecule has 0 radical (unpaired) electrons. The van der Waals surface area contributed by atoms with Crippen molar-refractivity contribution in [2.45, 2.75) is 5.16 Å². The van der Waals surface area contributed by atoms with Crippen LogP contribution in [0.1, 0.15) is 0 Å². The summed E-state index contributed by atoms with van der Waals surface area (Å²) in [6.07, 6.45) is 0. The van der Waals surface area contributed by atoms with Gasteiger partial charge >= 0.3 is 0 Å². The number of nitrogens with one attached hydrogen (secondary N) is 2. The van der Waals surface area contributed by atoms with Crippen molar-refractivity contribution in [1.29, 1.82) is 0 Å². The van der Waals surface area contributed by atoms with Crippen molar-refractivity contribution in [1.82, 2.24) is 15.2 Å². The molecule has 0 saturated heterocycles. The maximum Gasteiger partial charge on any atom is 0.234 e. The van der Waals surface area contributed by atoms with E-state index in [0.29, 0.717) is 33.7 Å². The Labute approximate surface area is 159 Å². The molecule has 1 heterocycles. The highest BCUT2D eigenvalue weighted by molar-refractivity contribution is 7.99. The van der Waals surface area contributed by atoms with Gasteiger partial charge < -0.3 is 14.8 Å². The number of benzene rings is 2. The van der Waals surface area contributed by atoms with Gasteiger partial charge in [0.15, 0.2) is 5.82 Å². The molecule has 0 aliphatic heterocycles. The topological polar surface area (TPSA) is 89.1 Å². The van der Waals surface area contributed by atoms with Crippen LogP contribution >= 0.6 is 11.8 Å². The van der Waals surface area contributed by atoms with Gasteiger partial charge in [0, 0.05) is 6.07 Å². The molecule has 0 aliphatic rings. The summed E-state index contributed by atoms with van der Waals surface area (Å²) in [4.78, 5) is 16.4. The number of carbonyl (C=O) groups is 1. The number of methoxy groups -OCH3 is 2. The number of aromatic amines is 1. The van der Waals surface area contributed by atoms with E-state index < -0.39 is 5.82 Å². The summed E-state index contributed by atoms with van der Waals surface area (Å²) in [5, 5.41) is 9.80. The van der Waals surface area contributed by atoms with Gasteiger partial charge in [0.2, 0.25) is 11.1 Å². The van der Waals surface area contributed by atoms with Crippen LogP contribution in [0.3, 0.4) is 0 Å². The van der Waals surface area contributed by atoms with Crippen LogP contribution in [-0.4, -0.2) is 41.1 Å². The summed E-state index contributed by atoms with van der Waals surface area (Å²) < 4.78 is 24.2. The first kappa shape index (κ1) is 18.7. The molecule has 0 saturated carbocycles. The number of aromatic nitrogens is 3. The van der Waals surface area contributed by atoms with Crippen LogP contribution in [-0.2, 0) is 4.79 Å². The first-order chi connectivity index (χ1) is 13.1. The zero-order chi connectivity index (χ0) is 19.2. The highest BCUT2D eigenvalue weighted by atomic mass is 32.2. The van der Waals surface area contributed by atoms with Gasteiger partial charge in [-0.25, -0.2) is 9.37 Å². The van der Waals surface area contributed by atoms with Crippen molar-refractivity contribution in [3.63, 3.8) is 0 Å². The summed E-state index contributed by atoms with van der Waals surface area (Å²) in [5.41, 5.74) is 0.857. The fourth-order valence-corrected chi connectivity index (χ4v) is 2.90. The zero-order valence-corrected chi connectivity index (χ0v) is 15.5. The predicted molar refractivity (Wildman–Crippen MR) is 101 cm³/mol. The normalized spacial score (nSPS) is 10.5. The summed E-state index contributed by atoms with van der Waals surface area (Å²) in [5.74, 6) is 0.875. The number of H-pyrrole nitrogens is 1. The van der Waals surface area contributed by atoms with Gasteiger partial charge in [0.05, 0.1) is 31.2 Å². The van der Waals surface area contributed by atoms with E-state index in [-0.39, 0.29) is 11.7 Å². The molecule has 0 bridgehead atoms. The number of hydrogen-bond acceptors (Lipinski definition) is 6. The maximum atomic E-state index is 13.8. The molecular formula is C18H17FN4O3S. The molecule has 0 atom stereocenters. The van der Waals surface area contributed by atoms with Crippen molar-refractivity contribution in [3.05, 3.63) is 48.3 Å².